The highest BCUT2D eigenvalue weighted by Gasteiger charge is 2.24. The van der Waals surface area contributed by atoms with Crippen molar-refractivity contribution in [3.63, 3.8) is 0 Å². The van der Waals surface area contributed by atoms with Crippen LogP contribution >= 0.6 is 0 Å². The van der Waals surface area contributed by atoms with E-state index < -0.39 is 21.7 Å². The van der Waals surface area contributed by atoms with Crippen LogP contribution in [0.15, 0.2) is 63.9 Å². The summed E-state index contributed by atoms with van der Waals surface area (Å²) in [4.78, 5) is 12.9. The van der Waals surface area contributed by atoms with Crippen LogP contribution in [0.3, 0.4) is 0 Å². The Labute approximate surface area is 193 Å². The van der Waals surface area contributed by atoms with E-state index in [9.17, 15) is 17.6 Å². The van der Waals surface area contributed by atoms with Crippen molar-refractivity contribution >= 4 is 21.6 Å². The molecule has 1 heterocycles. The zero-order valence-electron chi connectivity index (χ0n) is 19.0. The van der Waals surface area contributed by atoms with Gasteiger partial charge in [0.25, 0.3) is 5.91 Å². The minimum atomic E-state index is -3.74. The Hall–Kier alpha value is -3.17. The Kier molecular flexibility index (Phi) is 7.55. The second kappa shape index (κ2) is 10.2. The molecule has 0 fully saturated rings. The molecule has 7 nitrogen and oxygen atoms in total. The lowest BCUT2D eigenvalue weighted by Gasteiger charge is -2.20. The molecule has 0 spiro atoms. The van der Waals surface area contributed by atoms with Gasteiger partial charge in [0.2, 0.25) is 10.0 Å². The highest BCUT2D eigenvalue weighted by molar-refractivity contribution is 7.89. The maximum absolute atomic E-state index is 14.0. The van der Waals surface area contributed by atoms with Crippen molar-refractivity contribution in [2.75, 3.05) is 18.4 Å². The van der Waals surface area contributed by atoms with Crippen LogP contribution in [-0.2, 0) is 10.0 Å². The van der Waals surface area contributed by atoms with Crippen LogP contribution in [0, 0.1) is 5.82 Å². The first-order valence-corrected chi connectivity index (χ1v) is 12.1. The summed E-state index contributed by atoms with van der Waals surface area (Å²) in [5, 5.41) is 2.66. The number of amides is 1. The zero-order valence-corrected chi connectivity index (χ0v) is 19.8. The van der Waals surface area contributed by atoms with Gasteiger partial charge < -0.3 is 14.5 Å². The number of hydrogen-bond acceptors (Lipinski definition) is 5. The highest BCUT2D eigenvalue weighted by atomic mass is 32.2. The number of rotatable bonds is 9. The van der Waals surface area contributed by atoms with Gasteiger partial charge in [0.05, 0.1) is 22.3 Å². The summed E-state index contributed by atoms with van der Waals surface area (Å²) in [6.07, 6.45) is -0.206. The summed E-state index contributed by atoms with van der Waals surface area (Å²) < 4.78 is 52.6. The van der Waals surface area contributed by atoms with E-state index >= 15 is 0 Å². The van der Waals surface area contributed by atoms with Crippen molar-refractivity contribution in [3.8, 4) is 17.1 Å². The Balaban J connectivity index is 1.94. The van der Waals surface area contributed by atoms with E-state index in [1.54, 1.807) is 32.0 Å². The number of ether oxygens (including phenoxy) is 1. The quantitative estimate of drug-likeness (QED) is 0.463. The van der Waals surface area contributed by atoms with E-state index in [4.69, 9.17) is 9.15 Å². The van der Waals surface area contributed by atoms with Crippen LogP contribution in [-0.4, -0.2) is 37.8 Å². The lowest BCUT2D eigenvalue weighted by atomic mass is 10.1. The monoisotopic (exact) mass is 474 g/mol. The lowest BCUT2D eigenvalue weighted by Crippen LogP contribution is -2.30. The van der Waals surface area contributed by atoms with E-state index in [1.165, 1.54) is 40.7 Å². The molecule has 0 unspecified atom stereocenters. The topological polar surface area (TPSA) is 88.9 Å². The Morgan fingerprint density at radius 2 is 1.79 bits per heavy atom. The molecular weight excluding hydrogens is 447 g/mol. The third-order valence-electron chi connectivity index (χ3n) is 4.87. The number of hydrogen-bond donors (Lipinski definition) is 1. The summed E-state index contributed by atoms with van der Waals surface area (Å²) in [7, 11) is -3.74. The third-order valence-corrected chi connectivity index (χ3v) is 6.92. The van der Waals surface area contributed by atoms with Crippen LogP contribution in [0.5, 0.6) is 5.75 Å². The molecular formula is C24H27FN2O5S. The summed E-state index contributed by atoms with van der Waals surface area (Å²) in [5.74, 6) is -0.627. The van der Waals surface area contributed by atoms with Gasteiger partial charge in [-0.05, 0) is 56.3 Å². The first-order chi connectivity index (χ1) is 15.7. The number of sulfonamides is 1. The van der Waals surface area contributed by atoms with Gasteiger partial charge in [-0.3, -0.25) is 4.79 Å². The SMILES string of the molecule is CCN(CC)S(=O)(=O)c1ccc(OC(C)C)c(NC(=O)c2ccc(-c3ccccc3F)o2)c1. The minimum absolute atomic E-state index is 0.0316. The third kappa shape index (κ3) is 5.43. The van der Waals surface area contributed by atoms with E-state index in [0.29, 0.717) is 18.8 Å². The van der Waals surface area contributed by atoms with E-state index in [1.807, 2.05) is 13.8 Å². The molecule has 0 saturated carbocycles. The van der Waals surface area contributed by atoms with Gasteiger partial charge in [-0.15, -0.1) is 0 Å². The summed E-state index contributed by atoms with van der Waals surface area (Å²) in [6, 6.07) is 13.3. The molecule has 1 N–H and O–H groups in total. The van der Waals surface area contributed by atoms with Crippen LogP contribution in [0.2, 0.25) is 0 Å². The molecule has 1 amide bonds. The molecule has 9 heteroatoms. The molecule has 0 saturated heterocycles. The van der Waals surface area contributed by atoms with E-state index in [0.717, 1.165) is 0 Å². The average molecular weight is 475 g/mol. The van der Waals surface area contributed by atoms with Gasteiger partial charge in [-0.1, -0.05) is 26.0 Å². The van der Waals surface area contributed by atoms with Gasteiger partial charge >= 0.3 is 0 Å². The second-order valence-corrected chi connectivity index (χ2v) is 9.45. The maximum Gasteiger partial charge on any atom is 0.291 e. The number of carbonyl (C=O) groups excluding carboxylic acids is 1. The maximum atomic E-state index is 14.0. The predicted octanol–water partition coefficient (Wildman–Crippen LogP) is 5.16. The number of carbonyl (C=O) groups is 1. The molecule has 2 aromatic carbocycles. The number of halogens is 1. The fourth-order valence-electron chi connectivity index (χ4n) is 3.29. The Morgan fingerprint density at radius 1 is 1.09 bits per heavy atom. The normalized spacial score (nSPS) is 11.7. The number of nitrogens with one attached hydrogen (secondary N) is 1. The van der Waals surface area contributed by atoms with Crippen molar-refractivity contribution in [2.24, 2.45) is 0 Å². The van der Waals surface area contributed by atoms with Crippen molar-refractivity contribution in [3.05, 3.63) is 66.2 Å². The molecule has 0 aliphatic heterocycles. The smallest absolute Gasteiger partial charge is 0.291 e. The fourth-order valence-corrected chi connectivity index (χ4v) is 4.77. The van der Waals surface area contributed by atoms with Gasteiger partial charge in [-0.2, -0.15) is 4.31 Å². The van der Waals surface area contributed by atoms with E-state index in [-0.39, 0.29) is 33.8 Å². The molecule has 33 heavy (non-hydrogen) atoms. The van der Waals surface area contributed by atoms with Crippen LogP contribution < -0.4 is 10.1 Å². The molecule has 3 rings (SSSR count). The largest absolute Gasteiger partial charge is 0.489 e. The number of nitrogens with zero attached hydrogens (tertiary/aromatic N) is 1. The molecule has 0 atom stereocenters. The van der Waals surface area contributed by atoms with Crippen LogP contribution in [0.25, 0.3) is 11.3 Å². The Morgan fingerprint density at radius 3 is 2.42 bits per heavy atom. The van der Waals surface area contributed by atoms with Crippen molar-refractivity contribution in [1.29, 1.82) is 0 Å². The van der Waals surface area contributed by atoms with Gasteiger partial charge in [0.15, 0.2) is 5.76 Å². The molecule has 0 aliphatic carbocycles. The average Bonchev–Trinajstić information content (AvgIpc) is 3.25. The number of benzene rings is 2. The van der Waals surface area contributed by atoms with Gasteiger partial charge in [-0.25, -0.2) is 12.8 Å². The van der Waals surface area contributed by atoms with E-state index in [2.05, 4.69) is 5.32 Å². The van der Waals surface area contributed by atoms with Gasteiger partial charge in [0.1, 0.15) is 17.3 Å². The lowest BCUT2D eigenvalue weighted by molar-refractivity contribution is 0.0996. The van der Waals surface area contributed by atoms with Crippen molar-refractivity contribution in [2.45, 2.75) is 38.7 Å². The summed E-state index contributed by atoms with van der Waals surface area (Å²) >= 11 is 0. The highest BCUT2D eigenvalue weighted by Crippen LogP contribution is 2.31. The second-order valence-electron chi connectivity index (χ2n) is 7.51. The molecule has 0 aliphatic rings. The van der Waals surface area contributed by atoms with Crippen LogP contribution in [0.1, 0.15) is 38.2 Å². The van der Waals surface area contributed by atoms with Crippen LogP contribution in [0.4, 0.5) is 10.1 Å². The summed E-state index contributed by atoms with van der Waals surface area (Å²) in [6.45, 7) is 7.78. The zero-order chi connectivity index (χ0) is 24.2. The summed E-state index contributed by atoms with van der Waals surface area (Å²) in [5.41, 5.74) is 0.415. The fraction of sp³-hybridized carbons (Fsp3) is 0.292. The molecule has 176 valence electrons. The van der Waals surface area contributed by atoms with Crippen molar-refractivity contribution < 1.29 is 26.8 Å². The molecule has 3 aromatic rings. The number of anilines is 1. The molecule has 0 bridgehead atoms. The molecule has 0 radical (unpaired) electrons. The van der Waals surface area contributed by atoms with Crippen molar-refractivity contribution in [1.82, 2.24) is 4.31 Å². The minimum Gasteiger partial charge on any atom is -0.489 e. The number of furan rings is 1. The first kappa shape index (κ1) is 24.5. The van der Waals surface area contributed by atoms with Gasteiger partial charge in [0, 0.05) is 13.1 Å². The standard InChI is InChI=1S/C24H27FN2O5S/c1-5-27(6-2)33(29,30)17-11-12-22(31-16(3)4)20(15-17)26-24(28)23-14-13-21(32-23)18-9-7-8-10-19(18)25/h7-16H,5-6H2,1-4H3,(H,26,28). The predicted molar refractivity (Wildman–Crippen MR) is 124 cm³/mol. The Bertz CT molecular complexity index is 1230. The first-order valence-electron chi connectivity index (χ1n) is 10.6. The molecule has 1 aromatic heterocycles.